The average molecular weight is 322 g/mol. The van der Waals surface area contributed by atoms with Gasteiger partial charge >= 0.3 is 0 Å². The summed E-state index contributed by atoms with van der Waals surface area (Å²) in [6.07, 6.45) is 0. The smallest absolute Gasteiger partial charge is 0.271 e. The lowest BCUT2D eigenvalue weighted by atomic mass is 10.3. The lowest BCUT2D eigenvalue weighted by Crippen LogP contribution is -2.32. The molecule has 0 radical (unpaired) electrons. The lowest BCUT2D eigenvalue weighted by Gasteiger charge is -2.08. The molecule has 1 amide bonds. The first-order valence-corrected chi connectivity index (χ1v) is 8.01. The normalized spacial score (nSPS) is 10.9. The highest BCUT2D eigenvalue weighted by molar-refractivity contribution is 7.92. The standard InChI is InChI=1S/C13H14N4O4S/c18-12-7-6-11(15-16-12)13(19)14-8-9-22(20,21)17-10-4-2-1-3-5-10/h1-7,17H,8-9H2,(H,14,19)(H,16,18). The summed E-state index contributed by atoms with van der Waals surface area (Å²) in [5, 5.41) is 8.09. The van der Waals surface area contributed by atoms with Crippen LogP contribution in [0.3, 0.4) is 0 Å². The second kappa shape index (κ2) is 6.85. The monoisotopic (exact) mass is 322 g/mol. The van der Waals surface area contributed by atoms with E-state index in [1.54, 1.807) is 30.3 Å². The fraction of sp³-hybridized carbons (Fsp3) is 0.154. The van der Waals surface area contributed by atoms with Crippen LogP contribution in [-0.4, -0.2) is 36.8 Å². The summed E-state index contributed by atoms with van der Waals surface area (Å²) in [7, 11) is -3.56. The van der Waals surface area contributed by atoms with Crippen LogP contribution in [-0.2, 0) is 10.0 Å². The SMILES string of the molecule is O=C(NCCS(=O)(=O)Nc1ccccc1)c1ccc(=O)[nH]n1. The minimum atomic E-state index is -3.56. The third-order valence-corrected chi connectivity index (χ3v) is 3.90. The Balaban J connectivity index is 1.86. The van der Waals surface area contributed by atoms with Crippen molar-refractivity contribution in [3.05, 3.63) is 58.5 Å². The van der Waals surface area contributed by atoms with Crippen LogP contribution in [0.15, 0.2) is 47.3 Å². The number of para-hydroxylation sites is 1. The van der Waals surface area contributed by atoms with E-state index < -0.39 is 21.5 Å². The molecule has 0 aliphatic heterocycles. The first-order valence-electron chi connectivity index (χ1n) is 6.36. The Labute approximate surface area is 126 Å². The van der Waals surface area contributed by atoms with Crippen LogP contribution in [0.1, 0.15) is 10.5 Å². The molecule has 0 saturated carbocycles. The van der Waals surface area contributed by atoms with Crippen LogP contribution in [0.4, 0.5) is 5.69 Å². The van der Waals surface area contributed by atoms with Gasteiger partial charge < -0.3 is 5.32 Å². The van der Waals surface area contributed by atoms with Gasteiger partial charge in [0.2, 0.25) is 10.0 Å². The highest BCUT2D eigenvalue weighted by atomic mass is 32.2. The van der Waals surface area contributed by atoms with E-state index in [0.717, 1.165) is 6.07 Å². The summed E-state index contributed by atoms with van der Waals surface area (Å²) in [5.74, 6) is -0.845. The Bertz CT molecular complexity index is 782. The third-order valence-electron chi connectivity index (χ3n) is 2.62. The van der Waals surface area contributed by atoms with E-state index in [1.807, 2.05) is 0 Å². The number of nitrogens with one attached hydrogen (secondary N) is 3. The molecule has 0 unspecified atom stereocenters. The van der Waals surface area contributed by atoms with E-state index in [0.29, 0.717) is 5.69 Å². The highest BCUT2D eigenvalue weighted by Crippen LogP contribution is 2.07. The Kier molecular flexibility index (Phi) is 4.89. The maximum absolute atomic E-state index is 11.8. The molecule has 1 heterocycles. The first kappa shape index (κ1) is 15.7. The topological polar surface area (TPSA) is 121 Å². The molecule has 2 aromatic rings. The number of aromatic amines is 1. The van der Waals surface area contributed by atoms with Crippen molar-refractivity contribution in [2.45, 2.75) is 0 Å². The Hall–Kier alpha value is -2.68. The van der Waals surface area contributed by atoms with Gasteiger partial charge in [-0.15, -0.1) is 0 Å². The third kappa shape index (κ3) is 4.70. The van der Waals surface area contributed by atoms with E-state index in [1.165, 1.54) is 6.07 Å². The predicted molar refractivity (Wildman–Crippen MR) is 81.0 cm³/mol. The number of hydrogen-bond acceptors (Lipinski definition) is 5. The van der Waals surface area contributed by atoms with Gasteiger partial charge in [0, 0.05) is 18.3 Å². The molecule has 0 aliphatic carbocycles. The minimum absolute atomic E-state index is 0.00742. The number of carbonyl (C=O) groups excluding carboxylic acids is 1. The van der Waals surface area contributed by atoms with Crippen molar-refractivity contribution in [1.29, 1.82) is 0 Å². The van der Waals surface area contributed by atoms with Gasteiger partial charge in [0.05, 0.1) is 5.75 Å². The summed E-state index contributed by atoms with van der Waals surface area (Å²) in [5.41, 5.74) is 0.0373. The Morgan fingerprint density at radius 1 is 1.14 bits per heavy atom. The van der Waals surface area contributed by atoms with Crippen molar-refractivity contribution in [3.8, 4) is 0 Å². The maximum atomic E-state index is 11.8. The van der Waals surface area contributed by atoms with E-state index in [2.05, 4.69) is 20.2 Å². The number of benzene rings is 1. The average Bonchev–Trinajstić information content (AvgIpc) is 2.48. The van der Waals surface area contributed by atoms with Crippen molar-refractivity contribution in [3.63, 3.8) is 0 Å². The molecule has 1 aromatic heterocycles. The van der Waals surface area contributed by atoms with Crippen molar-refractivity contribution < 1.29 is 13.2 Å². The summed E-state index contributed by atoms with van der Waals surface area (Å²) < 4.78 is 26.1. The number of sulfonamides is 1. The van der Waals surface area contributed by atoms with E-state index in [4.69, 9.17) is 0 Å². The van der Waals surface area contributed by atoms with Gasteiger partial charge in [-0.3, -0.25) is 14.3 Å². The van der Waals surface area contributed by atoms with Crippen LogP contribution in [0.25, 0.3) is 0 Å². The van der Waals surface area contributed by atoms with Gasteiger partial charge in [-0.2, -0.15) is 5.10 Å². The van der Waals surface area contributed by atoms with Crippen LogP contribution < -0.4 is 15.6 Å². The van der Waals surface area contributed by atoms with E-state index in [-0.39, 0.29) is 18.0 Å². The van der Waals surface area contributed by atoms with Gasteiger partial charge in [0.25, 0.3) is 11.5 Å². The van der Waals surface area contributed by atoms with Gasteiger partial charge in [-0.1, -0.05) is 18.2 Å². The molecule has 2 rings (SSSR count). The van der Waals surface area contributed by atoms with Gasteiger partial charge in [0.15, 0.2) is 0 Å². The van der Waals surface area contributed by atoms with Gasteiger partial charge in [-0.05, 0) is 18.2 Å². The molecule has 0 spiro atoms. The first-order chi connectivity index (χ1) is 10.5. The van der Waals surface area contributed by atoms with Crippen molar-refractivity contribution in [1.82, 2.24) is 15.5 Å². The largest absolute Gasteiger partial charge is 0.350 e. The Morgan fingerprint density at radius 3 is 2.50 bits per heavy atom. The lowest BCUT2D eigenvalue weighted by molar-refractivity contribution is 0.0950. The zero-order valence-electron chi connectivity index (χ0n) is 11.4. The molecule has 9 heteroatoms. The maximum Gasteiger partial charge on any atom is 0.271 e. The summed E-state index contributed by atoms with van der Waals surface area (Å²) in [4.78, 5) is 22.5. The van der Waals surface area contributed by atoms with Gasteiger partial charge in [-0.25, -0.2) is 13.5 Å². The minimum Gasteiger partial charge on any atom is -0.350 e. The van der Waals surface area contributed by atoms with Crippen LogP contribution >= 0.6 is 0 Å². The Morgan fingerprint density at radius 2 is 1.86 bits per heavy atom. The van der Waals surface area contributed by atoms with E-state index >= 15 is 0 Å². The van der Waals surface area contributed by atoms with E-state index in [9.17, 15) is 18.0 Å². The molecule has 0 bridgehead atoms. The fourth-order valence-corrected chi connectivity index (χ4v) is 2.57. The van der Waals surface area contributed by atoms with Crippen molar-refractivity contribution in [2.75, 3.05) is 17.0 Å². The molecule has 0 saturated heterocycles. The number of carbonyl (C=O) groups is 1. The number of aromatic nitrogens is 2. The molecule has 116 valence electrons. The quantitative estimate of drug-likeness (QED) is 0.688. The molecule has 0 fully saturated rings. The van der Waals surface area contributed by atoms with Crippen LogP contribution in [0.5, 0.6) is 0 Å². The number of H-pyrrole nitrogens is 1. The molecule has 22 heavy (non-hydrogen) atoms. The summed E-state index contributed by atoms with van der Waals surface area (Å²) >= 11 is 0. The van der Waals surface area contributed by atoms with Crippen LogP contribution in [0.2, 0.25) is 0 Å². The van der Waals surface area contributed by atoms with Gasteiger partial charge in [0.1, 0.15) is 5.69 Å². The second-order valence-corrected chi connectivity index (χ2v) is 6.19. The molecule has 8 nitrogen and oxygen atoms in total. The zero-order chi connectivity index (χ0) is 16.0. The molecule has 1 aromatic carbocycles. The molecular formula is C13H14N4O4S. The molecular weight excluding hydrogens is 308 g/mol. The summed E-state index contributed by atoms with van der Waals surface area (Å²) in [6.45, 7) is -0.0815. The fourth-order valence-electron chi connectivity index (χ4n) is 1.60. The van der Waals surface area contributed by atoms with Crippen LogP contribution in [0, 0.1) is 0 Å². The molecule has 0 aliphatic rings. The predicted octanol–water partition coefficient (Wildman–Crippen LogP) is -0.0584. The highest BCUT2D eigenvalue weighted by Gasteiger charge is 2.12. The molecule has 3 N–H and O–H groups in total. The van der Waals surface area contributed by atoms with Crippen molar-refractivity contribution >= 4 is 21.6 Å². The molecule has 0 atom stereocenters. The summed E-state index contributed by atoms with van der Waals surface area (Å²) in [6, 6.07) is 10.9. The number of amides is 1. The number of nitrogens with zero attached hydrogens (tertiary/aromatic N) is 1. The second-order valence-electron chi connectivity index (χ2n) is 4.35. The zero-order valence-corrected chi connectivity index (χ0v) is 12.3. The number of rotatable bonds is 6. The number of anilines is 1. The van der Waals surface area contributed by atoms with Crippen molar-refractivity contribution in [2.24, 2.45) is 0 Å². The number of hydrogen-bond donors (Lipinski definition) is 3.